The van der Waals surface area contributed by atoms with Crippen LogP contribution < -0.4 is 10.5 Å². The zero-order chi connectivity index (χ0) is 14.0. The lowest BCUT2D eigenvalue weighted by Crippen LogP contribution is -2.25. The van der Waals surface area contributed by atoms with Crippen molar-refractivity contribution < 1.29 is 13.2 Å². The molecule has 1 amide bonds. The second-order valence-electron chi connectivity index (χ2n) is 5.01. The van der Waals surface area contributed by atoms with Gasteiger partial charge in [0, 0.05) is 12.1 Å². The van der Waals surface area contributed by atoms with Crippen molar-refractivity contribution in [3.8, 4) is 0 Å². The summed E-state index contributed by atoms with van der Waals surface area (Å²) in [6.07, 6.45) is 3.54. The number of sulfonamides is 1. The average molecular weight is 282 g/mol. The molecule has 19 heavy (non-hydrogen) atoms. The van der Waals surface area contributed by atoms with E-state index in [1.54, 1.807) is 6.92 Å². The molecule has 5 nitrogen and oxygen atoms in total. The number of hydrogen-bond acceptors (Lipinski definition) is 3. The lowest BCUT2D eigenvalue weighted by Gasteiger charge is -2.08. The number of carbonyl (C=O) groups is 1. The summed E-state index contributed by atoms with van der Waals surface area (Å²) in [5.74, 6) is 0.602. The highest BCUT2D eigenvalue weighted by atomic mass is 32.2. The second kappa shape index (κ2) is 5.30. The monoisotopic (exact) mass is 282 g/mol. The van der Waals surface area contributed by atoms with Crippen molar-refractivity contribution in [3.63, 3.8) is 0 Å². The molecular weight excluding hydrogens is 264 g/mol. The van der Waals surface area contributed by atoms with Gasteiger partial charge in [0.1, 0.15) is 0 Å². The molecule has 3 N–H and O–H groups in total. The van der Waals surface area contributed by atoms with Gasteiger partial charge in [-0.25, -0.2) is 13.6 Å². The van der Waals surface area contributed by atoms with Gasteiger partial charge in [0.15, 0.2) is 0 Å². The van der Waals surface area contributed by atoms with E-state index < -0.39 is 10.0 Å². The van der Waals surface area contributed by atoms with E-state index in [-0.39, 0.29) is 10.8 Å². The van der Waals surface area contributed by atoms with Gasteiger partial charge >= 0.3 is 0 Å². The zero-order valence-corrected chi connectivity index (χ0v) is 11.7. The van der Waals surface area contributed by atoms with Crippen LogP contribution in [-0.2, 0) is 10.0 Å². The molecule has 0 aliphatic heterocycles. The number of hydrogen-bond donors (Lipinski definition) is 2. The van der Waals surface area contributed by atoms with Crippen LogP contribution in [0, 0.1) is 12.8 Å². The maximum atomic E-state index is 11.9. The van der Waals surface area contributed by atoms with Gasteiger partial charge in [-0.1, -0.05) is 12.8 Å². The molecule has 104 valence electrons. The number of nitrogens with one attached hydrogen (secondary N) is 1. The van der Waals surface area contributed by atoms with Crippen LogP contribution in [0.2, 0.25) is 0 Å². The van der Waals surface area contributed by atoms with E-state index in [4.69, 9.17) is 5.14 Å². The standard InChI is InChI=1S/C13H18N2O3S/c1-9-8-11(19(14,17)18)4-5-12(9)13(16)15-7-6-10-2-3-10/h4-5,8,10H,2-3,6-7H2,1H3,(H,15,16)(H2,14,17,18). The Morgan fingerprint density at radius 2 is 2.11 bits per heavy atom. The van der Waals surface area contributed by atoms with Gasteiger partial charge < -0.3 is 5.32 Å². The highest BCUT2D eigenvalue weighted by Crippen LogP contribution is 2.31. The number of amides is 1. The van der Waals surface area contributed by atoms with Gasteiger partial charge in [0.25, 0.3) is 5.91 Å². The fourth-order valence-electron chi connectivity index (χ4n) is 1.96. The molecule has 0 heterocycles. The van der Waals surface area contributed by atoms with Crippen LogP contribution in [0.1, 0.15) is 35.2 Å². The Kier molecular flexibility index (Phi) is 3.91. The molecule has 0 unspecified atom stereocenters. The Morgan fingerprint density at radius 3 is 2.63 bits per heavy atom. The van der Waals surface area contributed by atoms with Crippen molar-refractivity contribution in [2.24, 2.45) is 11.1 Å². The van der Waals surface area contributed by atoms with E-state index in [1.807, 2.05) is 0 Å². The van der Waals surface area contributed by atoms with E-state index in [9.17, 15) is 13.2 Å². The first-order chi connectivity index (χ1) is 8.88. The summed E-state index contributed by atoms with van der Waals surface area (Å²) in [4.78, 5) is 12.0. The SMILES string of the molecule is Cc1cc(S(N)(=O)=O)ccc1C(=O)NCCC1CC1. The molecule has 0 bridgehead atoms. The number of primary sulfonamides is 1. The van der Waals surface area contributed by atoms with Crippen LogP contribution in [0.25, 0.3) is 0 Å². The normalized spacial score (nSPS) is 15.3. The molecule has 1 fully saturated rings. The molecular formula is C13H18N2O3S. The van der Waals surface area contributed by atoms with Gasteiger partial charge in [0.05, 0.1) is 4.90 Å². The molecule has 0 aromatic heterocycles. The first kappa shape index (κ1) is 14.0. The molecule has 2 rings (SSSR count). The largest absolute Gasteiger partial charge is 0.352 e. The van der Waals surface area contributed by atoms with E-state index in [1.165, 1.54) is 31.0 Å². The predicted molar refractivity (Wildman–Crippen MR) is 72.2 cm³/mol. The van der Waals surface area contributed by atoms with Crippen LogP contribution in [0.3, 0.4) is 0 Å². The topological polar surface area (TPSA) is 89.3 Å². The third-order valence-corrected chi connectivity index (χ3v) is 4.22. The minimum atomic E-state index is -3.72. The number of carbonyl (C=O) groups excluding carboxylic acids is 1. The van der Waals surface area contributed by atoms with Gasteiger partial charge in [-0.3, -0.25) is 4.79 Å². The maximum absolute atomic E-state index is 11.9. The third kappa shape index (κ3) is 3.78. The highest BCUT2D eigenvalue weighted by Gasteiger charge is 2.21. The van der Waals surface area contributed by atoms with Crippen molar-refractivity contribution in [1.82, 2.24) is 5.32 Å². The number of benzene rings is 1. The Labute approximate surface area is 113 Å². The summed E-state index contributed by atoms with van der Waals surface area (Å²) in [5, 5.41) is 7.89. The molecule has 0 saturated heterocycles. The fourth-order valence-corrected chi connectivity index (χ4v) is 2.56. The molecule has 1 aliphatic carbocycles. The van der Waals surface area contributed by atoms with Crippen LogP contribution >= 0.6 is 0 Å². The molecule has 1 aromatic rings. The van der Waals surface area contributed by atoms with Crippen LogP contribution in [0.4, 0.5) is 0 Å². The quantitative estimate of drug-likeness (QED) is 0.849. The lowest BCUT2D eigenvalue weighted by molar-refractivity contribution is 0.0952. The maximum Gasteiger partial charge on any atom is 0.251 e. The fraction of sp³-hybridized carbons (Fsp3) is 0.462. The molecule has 1 aliphatic rings. The van der Waals surface area contributed by atoms with Crippen molar-refractivity contribution in [1.29, 1.82) is 0 Å². The van der Waals surface area contributed by atoms with Crippen molar-refractivity contribution in [2.75, 3.05) is 6.54 Å². The summed E-state index contributed by atoms with van der Waals surface area (Å²) in [6, 6.07) is 4.28. The van der Waals surface area contributed by atoms with Gasteiger partial charge in [-0.15, -0.1) is 0 Å². The summed E-state index contributed by atoms with van der Waals surface area (Å²) in [7, 11) is -3.72. The Hall–Kier alpha value is -1.40. The number of nitrogens with two attached hydrogens (primary N) is 1. The van der Waals surface area contributed by atoms with E-state index in [2.05, 4.69) is 5.32 Å². The number of rotatable bonds is 5. The third-order valence-electron chi connectivity index (χ3n) is 3.31. The molecule has 6 heteroatoms. The molecule has 1 saturated carbocycles. The van der Waals surface area contributed by atoms with Crippen LogP contribution in [0.15, 0.2) is 23.1 Å². The summed E-state index contributed by atoms with van der Waals surface area (Å²) >= 11 is 0. The van der Waals surface area contributed by atoms with Crippen molar-refractivity contribution in [3.05, 3.63) is 29.3 Å². The van der Waals surface area contributed by atoms with Gasteiger partial charge in [0.2, 0.25) is 10.0 Å². The lowest BCUT2D eigenvalue weighted by atomic mass is 10.1. The minimum Gasteiger partial charge on any atom is -0.352 e. The summed E-state index contributed by atoms with van der Waals surface area (Å²) in [6.45, 7) is 2.37. The van der Waals surface area contributed by atoms with E-state index >= 15 is 0 Å². The molecule has 1 aromatic carbocycles. The van der Waals surface area contributed by atoms with Crippen molar-refractivity contribution >= 4 is 15.9 Å². The zero-order valence-electron chi connectivity index (χ0n) is 10.8. The summed E-state index contributed by atoms with van der Waals surface area (Å²) in [5.41, 5.74) is 1.10. The molecule has 0 radical (unpaired) electrons. The smallest absolute Gasteiger partial charge is 0.251 e. The Bertz CT molecular complexity index is 592. The van der Waals surface area contributed by atoms with Crippen LogP contribution in [0.5, 0.6) is 0 Å². The average Bonchev–Trinajstić information content (AvgIpc) is 3.11. The Morgan fingerprint density at radius 1 is 1.42 bits per heavy atom. The number of aryl methyl sites for hydroxylation is 1. The summed E-state index contributed by atoms with van der Waals surface area (Å²) < 4.78 is 22.4. The predicted octanol–water partition coefficient (Wildman–Crippen LogP) is 1.17. The first-order valence-electron chi connectivity index (χ1n) is 6.29. The van der Waals surface area contributed by atoms with Gasteiger partial charge in [-0.2, -0.15) is 0 Å². The molecule has 0 spiro atoms. The van der Waals surface area contributed by atoms with E-state index in [0.717, 1.165) is 12.3 Å². The minimum absolute atomic E-state index is 0.0273. The van der Waals surface area contributed by atoms with Gasteiger partial charge in [-0.05, 0) is 43.0 Å². The Balaban J connectivity index is 2.04. The highest BCUT2D eigenvalue weighted by molar-refractivity contribution is 7.89. The van der Waals surface area contributed by atoms with Crippen molar-refractivity contribution in [2.45, 2.75) is 31.1 Å². The molecule has 0 atom stereocenters. The first-order valence-corrected chi connectivity index (χ1v) is 7.84. The van der Waals surface area contributed by atoms with E-state index in [0.29, 0.717) is 17.7 Å². The second-order valence-corrected chi connectivity index (χ2v) is 6.57. The van der Waals surface area contributed by atoms with Crippen LogP contribution in [-0.4, -0.2) is 20.9 Å².